The van der Waals surface area contributed by atoms with Crippen molar-refractivity contribution in [2.75, 3.05) is 5.32 Å². The van der Waals surface area contributed by atoms with Gasteiger partial charge >= 0.3 is 0 Å². The Morgan fingerprint density at radius 1 is 1.42 bits per heavy atom. The van der Waals surface area contributed by atoms with E-state index < -0.39 is 11.7 Å². The van der Waals surface area contributed by atoms with Crippen molar-refractivity contribution in [3.63, 3.8) is 0 Å². The van der Waals surface area contributed by atoms with Gasteiger partial charge in [-0.15, -0.1) is 11.3 Å². The Morgan fingerprint density at radius 2 is 2.16 bits per heavy atom. The van der Waals surface area contributed by atoms with E-state index in [4.69, 9.17) is 29.6 Å². The molecule has 0 radical (unpaired) electrons. The van der Waals surface area contributed by atoms with Crippen molar-refractivity contribution < 1.29 is 9.18 Å². The Morgan fingerprint density at radius 3 is 2.74 bits per heavy atom. The van der Waals surface area contributed by atoms with Gasteiger partial charge in [-0.2, -0.15) is 0 Å². The van der Waals surface area contributed by atoms with Crippen LogP contribution >= 0.6 is 35.2 Å². The van der Waals surface area contributed by atoms with E-state index in [1.165, 1.54) is 29.5 Å². The third-order valence-electron chi connectivity index (χ3n) is 2.33. The molecule has 1 amide bonds. The van der Waals surface area contributed by atoms with E-state index in [2.05, 4.69) is 5.32 Å². The smallest absolute Gasteiger partial charge is 0.267 e. The van der Waals surface area contributed by atoms with Gasteiger partial charge in [0.05, 0.1) is 16.3 Å². The number of carbonyl (C=O) groups is 1. The molecule has 98 valence electrons. The van der Waals surface area contributed by atoms with Crippen molar-refractivity contribution in [1.82, 2.24) is 0 Å². The molecule has 0 fully saturated rings. The minimum Gasteiger partial charge on any atom is -0.389 e. The summed E-state index contributed by atoms with van der Waals surface area (Å²) >= 11 is 11.8. The molecule has 0 aliphatic heterocycles. The summed E-state index contributed by atoms with van der Waals surface area (Å²) in [6.07, 6.45) is 0. The van der Waals surface area contributed by atoms with Gasteiger partial charge in [0.2, 0.25) is 0 Å². The number of carbonyl (C=O) groups excluding carboxylic acids is 1. The first-order chi connectivity index (χ1) is 9.00. The van der Waals surface area contributed by atoms with E-state index in [-0.39, 0.29) is 16.2 Å². The highest BCUT2D eigenvalue weighted by atomic mass is 35.5. The predicted molar refractivity (Wildman–Crippen MR) is 79.6 cm³/mol. The predicted octanol–water partition coefficient (Wildman–Crippen LogP) is 3.43. The number of hydrogen-bond acceptors (Lipinski definition) is 3. The van der Waals surface area contributed by atoms with Crippen LogP contribution < -0.4 is 11.1 Å². The van der Waals surface area contributed by atoms with Crippen LogP contribution in [-0.4, -0.2) is 10.9 Å². The number of nitrogens with one attached hydrogen (secondary N) is 1. The number of nitrogens with two attached hydrogens (primary N) is 1. The molecule has 0 bridgehead atoms. The fourth-order valence-corrected chi connectivity index (χ4v) is 2.76. The molecule has 2 aromatic rings. The lowest BCUT2D eigenvalue weighted by molar-refractivity contribution is 0.103. The summed E-state index contributed by atoms with van der Waals surface area (Å²) in [5.41, 5.74) is 5.69. The van der Waals surface area contributed by atoms with Gasteiger partial charge in [0, 0.05) is 0 Å². The van der Waals surface area contributed by atoms with Crippen LogP contribution in [0.5, 0.6) is 0 Å². The number of rotatable bonds is 3. The van der Waals surface area contributed by atoms with Gasteiger partial charge in [-0.25, -0.2) is 4.39 Å². The molecule has 7 heteroatoms. The molecule has 0 aliphatic carbocycles. The number of anilines is 1. The molecule has 3 N–H and O–H groups in total. The molecular weight excluding hydrogens is 307 g/mol. The number of benzene rings is 1. The summed E-state index contributed by atoms with van der Waals surface area (Å²) in [6.45, 7) is 0. The Balaban J connectivity index is 2.35. The first-order valence-corrected chi connectivity index (χ1v) is 6.80. The molecule has 0 aliphatic rings. The fraction of sp³-hybridized carbons (Fsp3) is 0. The molecule has 0 unspecified atom stereocenters. The van der Waals surface area contributed by atoms with Crippen LogP contribution in [0.4, 0.5) is 10.1 Å². The standard InChI is InChI=1S/C12H8ClFN2OS2/c13-6-4-5-19-10(6)12(17)16-8-3-1-2-7(14)9(8)11(15)18/h1-5H,(H2,15,18)(H,16,17). The summed E-state index contributed by atoms with van der Waals surface area (Å²) in [4.78, 5) is 12.2. The average molecular weight is 315 g/mol. The highest BCUT2D eigenvalue weighted by molar-refractivity contribution is 7.80. The van der Waals surface area contributed by atoms with Gasteiger partial charge in [-0.1, -0.05) is 29.9 Å². The van der Waals surface area contributed by atoms with Crippen molar-refractivity contribution in [3.05, 3.63) is 50.9 Å². The molecule has 0 saturated carbocycles. The van der Waals surface area contributed by atoms with E-state index in [1.807, 2.05) is 0 Å². The topological polar surface area (TPSA) is 55.1 Å². The van der Waals surface area contributed by atoms with Gasteiger partial charge in [0.25, 0.3) is 5.91 Å². The Bertz CT molecular complexity index is 657. The van der Waals surface area contributed by atoms with E-state index in [1.54, 1.807) is 11.4 Å². The Labute approximate surface area is 123 Å². The van der Waals surface area contributed by atoms with E-state index in [0.29, 0.717) is 9.90 Å². The van der Waals surface area contributed by atoms with Crippen molar-refractivity contribution in [3.8, 4) is 0 Å². The maximum absolute atomic E-state index is 13.6. The van der Waals surface area contributed by atoms with Gasteiger partial charge in [0.15, 0.2) is 0 Å². The zero-order chi connectivity index (χ0) is 14.0. The van der Waals surface area contributed by atoms with Gasteiger partial charge in [0.1, 0.15) is 15.7 Å². The molecule has 0 spiro atoms. The summed E-state index contributed by atoms with van der Waals surface area (Å²) in [6, 6.07) is 5.82. The second-order valence-corrected chi connectivity index (χ2v) is 5.34. The van der Waals surface area contributed by atoms with E-state index in [0.717, 1.165) is 0 Å². The van der Waals surface area contributed by atoms with Gasteiger partial charge in [-0.05, 0) is 23.6 Å². The van der Waals surface area contributed by atoms with Crippen LogP contribution in [0.25, 0.3) is 0 Å². The largest absolute Gasteiger partial charge is 0.389 e. The molecule has 1 aromatic heterocycles. The highest BCUT2D eigenvalue weighted by Crippen LogP contribution is 2.25. The van der Waals surface area contributed by atoms with Gasteiger partial charge in [-0.3, -0.25) is 4.79 Å². The molecule has 3 nitrogen and oxygen atoms in total. The third kappa shape index (κ3) is 2.91. The average Bonchev–Trinajstić information content (AvgIpc) is 2.75. The summed E-state index contributed by atoms with van der Waals surface area (Å²) in [5.74, 6) is -1.01. The Hall–Kier alpha value is -1.50. The number of hydrogen-bond donors (Lipinski definition) is 2. The zero-order valence-electron chi connectivity index (χ0n) is 9.44. The summed E-state index contributed by atoms with van der Waals surface area (Å²) in [7, 11) is 0. The van der Waals surface area contributed by atoms with Crippen molar-refractivity contribution in [2.24, 2.45) is 5.73 Å². The third-order valence-corrected chi connectivity index (χ3v) is 3.88. The highest BCUT2D eigenvalue weighted by Gasteiger charge is 2.16. The SMILES string of the molecule is NC(=S)c1c(F)cccc1NC(=O)c1sccc1Cl. The lowest BCUT2D eigenvalue weighted by Gasteiger charge is -2.10. The number of thiophene rings is 1. The molecule has 0 saturated heterocycles. The van der Waals surface area contributed by atoms with Crippen LogP contribution in [0.3, 0.4) is 0 Å². The molecule has 19 heavy (non-hydrogen) atoms. The molecule has 0 atom stereocenters. The van der Waals surface area contributed by atoms with Crippen molar-refractivity contribution in [2.45, 2.75) is 0 Å². The Kier molecular flexibility index (Phi) is 4.14. The molecule has 1 aromatic carbocycles. The first kappa shape index (κ1) is 13.9. The quantitative estimate of drug-likeness (QED) is 0.853. The number of halogens is 2. The van der Waals surface area contributed by atoms with Crippen LogP contribution in [-0.2, 0) is 0 Å². The van der Waals surface area contributed by atoms with Crippen LogP contribution in [0.2, 0.25) is 5.02 Å². The van der Waals surface area contributed by atoms with Crippen molar-refractivity contribution >= 4 is 51.7 Å². The zero-order valence-corrected chi connectivity index (χ0v) is 11.8. The minimum absolute atomic E-state index is 0.0125. The maximum atomic E-state index is 13.6. The number of thiocarbonyl (C=S) groups is 1. The monoisotopic (exact) mass is 314 g/mol. The fourth-order valence-electron chi connectivity index (χ4n) is 1.51. The van der Waals surface area contributed by atoms with Crippen LogP contribution in [0.1, 0.15) is 15.2 Å². The lowest BCUT2D eigenvalue weighted by atomic mass is 10.1. The normalized spacial score (nSPS) is 10.2. The van der Waals surface area contributed by atoms with Crippen molar-refractivity contribution in [1.29, 1.82) is 0 Å². The number of amides is 1. The van der Waals surface area contributed by atoms with Crippen LogP contribution in [0, 0.1) is 5.82 Å². The summed E-state index contributed by atoms with van der Waals surface area (Å²) < 4.78 is 13.6. The second kappa shape index (κ2) is 5.64. The second-order valence-electron chi connectivity index (χ2n) is 3.58. The van der Waals surface area contributed by atoms with Gasteiger partial charge < -0.3 is 11.1 Å². The minimum atomic E-state index is -0.581. The van der Waals surface area contributed by atoms with E-state index in [9.17, 15) is 9.18 Å². The molecule has 2 rings (SSSR count). The molecular formula is C12H8ClFN2OS2. The lowest BCUT2D eigenvalue weighted by Crippen LogP contribution is -2.18. The van der Waals surface area contributed by atoms with E-state index >= 15 is 0 Å². The maximum Gasteiger partial charge on any atom is 0.267 e. The molecule has 1 heterocycles. The van der Waals surface area contributed by atoms with Crippen LogP contribution in [0.15, 0.2) is 29.6 Å². The summed E-state index contributed by atoms with van der Waals surface area (Å²) in [5, 5.41) is 4.59. The first-order valence-electron chi connectivity index (χ1n) is 5.13.